The fourth-order valence-electron chi connectivity index (χ4n) is 2.08. The van der Waals surface area contributed by atoms with Crippen molar-refractivity contribution in [2.24, 2.45) is 0 Å². The average Bonchev–Trinajstić information content (AvgIpc) is 2.69. The van der Waals surface area contributed by atoms with Crippen LogP contribution in [0, 0.1) is 18.6 Å². The van der Waals surface area contributed by atoms with Crippen molar-refractivity contribution in [1.82, 2.24) is 5.32 Å². The highest BCUT2D eigenvalue weighted by Crippen LogP contribution is 2.34. The van der Waals surface area contributed by atoms with Crippen molar-refractivity contribution in [1.29, 1.82) is 0 Å². The third-order valence-electron chi connectivity index (χ3n) is 2.94. The predicted octanol–water partition coefficient (Wildman–Crippen LogP) is 4.80. The molecule has 19 heavy (non-hydrogen) atoms. The van der Waals surface area contributed by atoms with Gasteiger partial charge in [-0.1, -0.05) is 19.1 Å². The van der Waals surface area contributed by atoms with Crippen LogP contribution >= 0.6 is 27.3 Å². The molecule has 0 aliphatic rings. The zero-order valence-corrected chi connectivity index (χ0v) is 13.0. The van der Waals surface area contributed by atoms with Gasteiger partial charge < -0.3 is 5.32 Å². The van der Waals surface area contributed by atoms with Gasteiger partial charge in [0.25, 0.3) is 0 Å². The van der Waals surface area contributed by atoms with Gasteiger partial charge in [0.1, 0.15) is 0 Å². The maximum atomic E-state index is 14.0. The first-order valence-electron chi connectivity index (χ1n) is 5.97. The van der Waals surface area contributed by atoms with Gasteiger partial charge in [0, 0.05) is 10.4 Å². The lowest BCUT2D eigenvalue weighted by atomic mass is 9.98. The minimum atomic E-state index is -0.813. The Hall–Kier alpha value is -0.780. The highest BCUT2D eigenvalue weighted by Gasteiger charge is 2.22. The van der Waals surface area contributed by atoms with Crippen LogP contribution in [0.15, 0.2) is 28.1 Å². The molecule has 2 rings (SSSR count). The fourth-order valence-corrected chi connectivity index (χ4v) is 3.83. The summed E-state index contributed by atoms with van der Waals surface area (Å²) in [5.41, 5.74) is 1.32. The highest BCUT2D eigenvalue weighted by molar-refractivity contribution is 9.11. The van der Waals surface area contributed by atoms with Crippen LogP contribution in [-0.4, -0.2) is 6.54 Å². The van der Waals surface area contributed by atoms with Crippen molar-refractivity contribution in [2.75, 3.05) is 6.54 Å². The van der Waals surface area contributed by atoms with Gasteiger partial charge in [-0.3, -0.25) is 0 Å². The van der Waals surface area contributed by atoms with Gasteiger partial charge in [0.2, 0.25) is 0 Å². The van der Waals surface area contributed by atoms with Crippen LogP contribution in [0.3, 0.4) is 0 Å². The summed E-state index contributed by atoms with van der Waals surface area (Å²) in [7, 11) is 0. The molecule has 0 saturated carbocycles. The van der Waals surface area contributed by atoms with E-state index in [1.807, 2.05) is 19.9 Å². The Morgan fingerprint density at radius 2 is 2.05 bits per heavy atom. The lowest BCUT2D eigenvalue weighted by Gasteiger charge is -2.19. The summed E-state index contributed by atoms with van der Waals surface area (Å²) in [6.07, 6.45) is 0. The fraction of sp³-hybridized carbons (Fsp3) is 0.286. The molecule has 1 N–H and O–H groups in total. The van der Waals surface area contributed by atoms with Crippen molar-refractivity contribution < 1.29 is 8.78 Å². The zero-order valence-electron chi connectivity index (χ0n) is 10.6. The van der Waals surface area contributed by atoms with Gasteiger partial charge in [-0.2, -0.15) is 0 Å². The molecule has 0 saturated heterocycles. The van der Waals surface area contributed by atoms with Crippen LogP contribution in [-0.2, 0) is 0 Å². The molecule has 1 heterocycles. The van der Waals surface area contributed by atoms with Crippen LogP contribution < -0.4 is 5.32 Å². The Morgan fingerprint density at radius 1 is 1.32 bits per heavy atom. The third kappa shape index (κ3) is 3.04. The maximum Gasteiger partial charge on any atom is 0.163 e. The quantitative estimate of drug-likeness (QED) is 0.839. The Balaban J connectivity index is 2.51. The molecule has 0 amide bonds. The molecule has 0 bridgehead atoms. The van der Waals surface area contributed by atoms with Crippen LogP contribution in [0.1, 0.15) is 29.0 Å². The SMILES string of the molecule is CCNC(c1cc(Br)sc1C)c1cccc(F)c1F. The van der Waals surface area contributed by atoms with E-state index in [0.29, 0.717) is 12.1 Å². The normalized spacial score (nSPS) is 12.7. The molecule has 102 valence electrons. The lowest BCUT2D eigenvalue weighted by molar-refractivity contribution is 0.483. The molecule has 2 aromatic rings. The summed E-state index contributed by atoms with van der Waals surface area (Å²) in [5, 5.41) is 3.22. The summed E-state index contributed by atoms with van der Waals surface area (Å²) < 4.78 is 28.4. The van der Waals surface area contributed by atoms with Gasteiger partial charge in [0.05, 0.1) is 9.83 Å². The second-order valence-corrected chi connectivity index (χ2v) is 6.83. The van der Waals surface area contributed by atoms with Crippen LogP contribution in [0.25, 0.3) is 0 Å². The Bertz CT molecular complexity index is 583. The largest absolute Gasteiger partial charge is 0.306 e. The van der Waals surface area contributed by atoms with Crippen molar-refractivity contribution in [3.63, 3.8) is 0 Å². The number of benzene rings is 1. The minimum absolute atomic E-state index is 0.330. The van der Waals surface area contributed by atoms with Crippen LogP contribution in [0.2, 0.25) is 0 Å². The van der Waals surface area contributed by atoms with Gasteiger partial charge in [-0.05, 0) is 47.1 Å². The van der Waals surface area contributed by atoms with E-state index in [1.165, 1.54) is 6.07 Å². The lowest BCUT2D eigenvalue weighted by Crippen LogP contribution is -2.23. The third-order valence-corrected chi connectivity index (χ3v) is 4.51. The summed E-state index contributed by atoms with van der Waals surface area (Å²) in [4.78, 5) is 1.08. The number of rotatable bonds is 4. The second kappa shape index (κ2) is 6.11. The highest BCUT2D eigenvalue weighted by atomic mass is 79.9. The minimum Gasteiger partial charge on any atom is -0.306 e. The van der Waals surface area contributed by atoms with E-state index in [2.05, 4.69) is 21.2 Å². The molecule has 0 fully saturated rings. The number of halogens is 3. The first-order chi connectivity index (χ1) is 9.04. The molecule has 1 aromatic carbocycles. The molecule has 5 heteroatoms. The average molecular weight is 346 g/mol. The van der Waals surface area contributed by atoms with Gasteiger partial charge >= 0.3 is 0 Å². The molecule has 0 aliphatic heterocycles. The smallest absolute Gasteiger partial charge is 0.163 e. The number of thiophene rings is 1. The Labute approximate surface area is 123 Å². The molecule has 0 spiro atoms. The number of nitrogens with one attached hydrogen (secondary N) is 1. The summed E-state index contributed by atoms with van der Waals surface area (Å²) in [5.74, 6) is -1.59. The van der Waals surface area contributed by atoms with E-state index in [9.17, 15) is 8.78 Å². The topological polar surface area (TPSA) is 12.0 Å². The number of hydrogen-bond donors (Lipinski definition) is 1. The monoisotopic (exact) mass is 345 g/mol. The number of hydrogen-bond acceptors (Lipinski definition) is 2. The molecule has 0 aliphatic carbocycles. The molecule has 0 radical (unpaired) electrons. The van der Waals surface area contributed by atoms with Gasteiger partial charge in [-0.15, -0.1) is 11.3 Å². The van der Waals surface area contributed by atoms with E-state index in [-0.39, 0.29) is 6.04 Å². The van der Waals surface area contributed by atoms with Gasteiger partial charge in [-0.25, -0.2) is 8.78 Å². The Kier molecular flexibility index (Phi) is 4.71. The predicted molar refractivity (Wildman–Crippen MR) is 78.6 cm³/mol. The molecular formula is C14H14BrF2NS. The first kappa shape index (κ1) is 14.6. The van der Waals surface area contributed by atoms with E-state index in [1.54, 1.807) is 17.4 Å². The second-order valence-electron chi connectivity index (χ2n) is 4.20. The molecular weight excluding hydrogens is 332 g/mol. The molecule has 1 atom stereocenters. The van der Waals surface area contributed by atoms with Gasteiger partial charge in [0.15, 0.2) is 11.6 Å². The van der Waals surface area contributed by atoms with Crippen molar-refractivity contribution >= 4 is 27.3 Å². The molecule has 1 unspecified atom stereocenters. The van der Waals surface area contributed by atoms with Crippen molar-refractivity contribution in [2.45, 2.75) is 19.9 Å². The Morgan fingerprint density at radius 3 is 2.63 bits per heavy atom. The maximum absolute atomic E-state index is 14.0. The summed E-state index contributed by atoms with van der Waals surface area (Å²) >= 11 is 5.02. The standard InChI is InChI=1S/C14H14BrF2NS/c1-3-18-14(10-7-12(15)19-8(10)2)9-5-4-6-11(16)13(9)17/h4-7,14,18H,3H2,1-2H3. The van der Waals surface area contributed by atoms with E-state index in [4.69, 9.17) is 0 Å². The van der Waals surface area contributed by atoms with E-state index >= 15 is 0 Å². The molecule has 1 aromatic heterocycles. The van der Waals surface area contributed by atoms with Crippen molar-refractivity contribution in [3.05, 3.63) is 55.7 Å². The summed E-state index contributed by atoms with van der Waals surface area (Å²) in [6, 6.07) is 5.92. The van der Waals surface area contributed by atoms with Crippen LogP contribution in [0.5, 0.6) is 0 Å². The van der Waals surface area contributed by atoms with E-state index < -0.39 is 11.6 Å². The van der Waals surface area contributed by atoms with Crippen molar-refractivity contribution in [3.8, 4) is 0 Å². The zero-order chi connectivity index (χ0) is 14.0. The summed E-state index contributed by atoms with van der Waals surface area (Å²) in [6.45, 7) is 4.60. The van der Waals surface area contributed by atoms with E-state index in [0.717, 1.165) is 20.3 Å². The number of aryl methyl sites for hydroxylation is 1. The first-order valence-corrected chi connectivity index (χ1v) is 7.58. The van der Waals surface area contributed by atoms with Crippen LogP contribution in [0.4, 0.5) is 8.78 Å². The molecule has 1 nitrogen and oxygen atoms in total.